The van der Waals surface area contributed by atoms with Crippen LogP contribution in [0.3, 0.4) is 0 Å². The quantitative estimate of drug-likeness (QED) is 0.650. The molecule has 0 spiro atoms. The van der Waals surface area contributed by atoms with Crippen LogP contribution in [-0.4, -0.2) is 6.04 Å². The SMILES string of the molecule is C=CNC(/C(C)=C\C)C(CC)C1=CCC1. The number of allylic oxidation sites excluding steroid dienone is 2. The summed E-state index contributed by atoms with van der Waals surface area (Å²) in [6, 6.07) is 0.434. The number of nitrogens with one attached hydrogen (secondary N) is 1. The van der Waals surface area contributed by atoms with Crippen molar-refractivity contribution in [1.29, 1.82) is 0 Å². The van der Waals surface area contributed by atoms with Gasteiger partial charge in [0.15, 0.2) is 0 Å². The molecule has 1 rings (SSSR count). The molecule has 0 saturated carbocycles. The van der Waals surface area contributed by atoms with E-state index in [1.807, 2.05) is 6.20 Å². The van der Waals surface area contributed by atoms with Crippen molar-refractivity contribution < 1.29 is 0 Å². The molecule has 2 atom stereocenters. The fraction of sp³-hybridized carbons (Fsp3) is 0.571. The van der Waals surface area contributed by atoms with Crippen LogP contribution in [0, 0.1) is 5.92 Å². The molecule has 1 nitrogen and oxygen atoms in total. The summed E-state index contributed by atoms with van der Waals surface area (Å²) in [4.78, 5) is 0. The molecule has 2 unspecified atom stereocenters. The topological polar surface area (TPSA) is 12.0 Å². The highest BCUT2D eigenvalue weighted by Crippen LogP contribution is 2.32. The Bertz CT molecular complexity index is 273. The lowest BCUT2D eigenvalue weighted by molar-refractivity contribution is 0.440. The number of rotatable bonds is 6. The summed E-state index contributed by atoms with van der Waals surface area (Å²) in [6.45, 7) is 10.4. The molecule has 0 aromatic heterocycles. The van der Waals surface area contributed by atoms with Gasteiger partial charge in [-0.25, -0.2) is 0 Å². The minimum absolute atomic E-state index is 0.434. The summed E-state index contributed by atoms with van der Waals surface area (Å²) in [5, 5.41) is 3.39. The van der Waals surface area contributed by atoms with Crippen molar-refractivity contribution in [2.75, 3.05) is 0 Å². The highest BCUT2D eigenvalue weighted by atomic mass is 14.9. The molecule has 15 heavy (non-hydrogen) atoms. The molecule has 1 aliphatic rings. The van der Waals surface area contributed by atoms with E-state index in [9.17, 15) is 0 Å². The fourth-order valence-electron chi connectivity index (χ4n) is 2.23. The third kappa shape index (κ3) is 2.74. The maximum absolute atomic E-state index is 3.78. The minimum atomic E-state index is 0.434. The number of hydrogen-bond acceptors (Lipinski definition) is 1. The second-order valence-corrected chi connectivity index (χ2v) is 4.21. The Morgan fingerprint density at radius 1 is 1.67 bits per heavy atom. The molecule has 0 heterocycles. The van der Waals surface area contributed by atoms with Gasteiger partial charge >= 0.3 is 0 Å². The predicted octanol–water partition coefficient (Wildman–Crippen LogP) is 3.80. The minimum Gasteiger partial charge on any atom is -0.384 e. The van der Waals surface area contributed by atoms with Gasteiger partial charge in [-0.3, -0.25) is 0 Å². The van der Waals surface area contributed by atoms with Crippen LogP contribution in [0.15, 0.2) is 36.1 Å². The summed E-state index contributed by atoms with van der Waals surface area (Å²) >= 11 is 0. The molecule has 0 bridgehead atoms. The van der Waals surface area contributed by atoms with E-state index in [0.29, 0.717) is 12.0 Å². The number of hydrogen-bond donors (Lipinski definition) is 1. The second-order valence-electron chi connectivity index (χ2n) is 4.21. The van der Waals surface area contributed by atoms with Crippen molar-refractivity contribution in [2.24, 2.45) is 5.92 Å². The molecule has 1 aliphatic carbocycles. The summed E-state index contributed by atoms with van der Waals surface area (Å²) in [5.74, 6) is 0.646. The summed E-state index contributed by atoms with van der Waals surface area (Å²) in [7, 11) is 0. The third-order valence-electron chi connectivity index (χ3n) is 3.40. The lowest BCUT2D eigenvalue weighted by Gasteiger charge is -2.32. The van der Waals surface area contributed by atoms with Gasteiger partial charge in [0.05, 0.1) is 6.04 Å². The normalized spacial score (nSPS) is 19.9. The van der Waals surface area contributed by atoms with E-state index in [1.54, 1.807) is 5.57 Å². The van der Waals surface area contributed by atoms with E-state index in [0.717, 1.165) is 0 Å². The lowest BCUT2D eigenvalue weighted by Crippen LogP contribution is -2.35. The molecule has 1 heteroatoms. The van der Waals surface area contributed by atoms with E-state index in [4.69, 9.17) is 0 Å². The molecule has 0 amide bonds. The third-order valence-corrected chi connectivity index (χ3v) is 3.40. The standard InChI is InChI=1S/C14H23N/c1-5-11(4)14(15-7-3)13(6-2)12-9-8-10-12/h5,7,9,13-15H,3,6,8,10H2,1-2,4H3/b11-5-. The summed E-state index contributed by atoms with van der Waals surface area (Å²) in [6.07, 6.45) is 10.1. The first-order valence-electron chi connectivity index (χ1n) is 5.93. The van der Waals surface area contributed by atoms with Crippen LogP contribution >= 0.6 is 0 Å². The Kier molecular flexibility index (Phi) is 4.67. The Hall–Kier alpha value is -0.980. The highest BCUT2D eigenvalue weighted by Gasteiger charge is 2.25. The molecule has 0 aromatic carbocycles. The smallest absolute Gasteiger partial charge is 0.0530 e. The van der Waals surface area contributed by atoms with Gasteiger partial charge in [0.2, 0.25) is 0 Å². The molecule has 0 aromatic rings. The first-order chi connectivity index (χ1) is 7.24. The fourth-order valence-corrected chi connectivity index (χ4v) is 2.23. The highest BCUT2D eigenvalue weighted by molar-refractivity contribution is 5.23. The van der Waals surface area contributed by atoms with Gasteiger partial charge in [-0.05, 0) is 39.3 Å². The van der Waals surface area contributed by atoms with E-state index in [2.05, 4.69) is 44.8 Å². The lowest BCUT2D eigenvalue weighted by atomic mass is 9.78. The monoisotopic (exact) mass is 205 g/mol. The van der Waals surface area contributed by atoms with Gasteiger partial charge < -0.3 is 5.32 Å². The van der Waals surface area contributed by atoms with Crippen molar-refractivity contribution in [3.8, 4) is 0 Å². The Morgan fingerprint density at radius 2 is 2.33 bits per heavy atom. The first kappa shape index (κ1) is 12.1. The van der Waals surface area contributed by atoms with Gasteiger partial charge in [-0.1, -0.05) is 36.8 Å². The zero-order valence-electron chi connectivity index (χ0n) is 10.2. The maximum atomic E-state index is 3.78. The van der Waals surface area contributed by atoms with E-state index in [-0.39, 0.29) is 0 Å². The van der Waals surface area contributed by atoms with Crippen molar-refractivity contribution in [2.45, 2.75) is 46.1 Å². The average Bonchev–Trinajstić information content (AvgIpc) is 2.19. The molecule has 0 fully saturated rings. The van der Waals surface area contributed by atoms with E-state index >= 15 is 0 Å². The van der Waals surface area contributed by atoms with E-state index < -0.39 is 0 Å². The van der Waals surface area contributed by atoms with Crippen LogP contribution in [0.25, 0.3) is 0 Å². The van der Waals surface area contributed by atoms with Crippen LogP contribution in [0.2, 0.25) is 0 Å². The van der Waals surface area contributed by atoms with Crippen LogP contribution in [0.1, 0.15) is 40.0 Å². The first-order valence-corrected chi connectivity index (χ1v) is 5.93. The molecule has 0 aliphatic heterocycles. The summed E-state index contributed by atoms with van der Waals surface area (Å²) in [5.41, 5.74) is 3.03. The van der Waals surface area contributed by atoms with Gasteiger partial charge in [-0.2, -0.15) is 0 Å². The average molecular weight is 205 g/mol. The van der Waals surface area contributed by atoms with Gasteiger partial charge in [0.1, 0.15) is 0 Å². The van der Waals surface area contributed by atoms with Crippen LogP contribution < -0.4 is 5.32 Å². The zero-order chi connectivity index (χ0) is 11.3. The Balaban J connectivity index is 2.79. The van der Waals surface area contributed by atoms with Gasteiger partial charge in [0.25, 0.3) is 0 Å². The Labute approximate surface area is 94.0 Å². The zero-order valence-corrected chi connectivity index (χ0v) is 10.2. The molecule has 0 radical (unpaired) electrons. The van der Waals surface area contributed by atoms with Crippen molar-refractivity contribution in [3.05, 3.63) is 36.1 Å². The predicted molar refractivity (Wildman–Crippen MR) is 67.6 cm³/mol. The van der Waals surface area contributed by atoms with Crippen LogP contribution in [-0.2, 0) is 0 Å². The van der Waals surface area contributed by atoms with Crippen molar-refractivity contribution in [1.82, 2.24) is 5.32 Å². The van der Waals surface area contributed by atoms with Crippen molar-refractivity contribution >= 4 is 0 Å². The van der Waals surface area contributed by atoms with Gasteiger partial charge in [0, 0.05) is 5.92 Å². The van der Waals surface area contributed by atoms with Crippen molar-refractivity contribution in [3.63, 3.8) is 0 Å². The van der Waals surface area contributed by atoms with Gasteiger partial charge in [-0.15, -0.1) is 0 Å². The molecular formula is C14H23N. The second kappa shape index (κ2) is 5.79. The Morgan fingerprint density at radius 3 is 2.67 bits per heavy atom. The molecule has 0 saturated heterocycles. The maximum Gasteiger partial charge on any atom is 0.0530 e. The molecule has 84 valence electrons. The van der Waals surface area contributed by atoms with E-state index in [1.165, 1.54) is 24.8 Å². The largest absolute Gasteiger partial charge is 0.384 e. The van der Waals surface area contributed by atoms with Crippen LogP contribution in [0.4, 0.5) is 0 Å². The molecule has 1 N–H and O–H groups in total. The molecular weight excluding hydrogens is 182 g/mol. The van der Waals surface area contributed by atoms with Crippen LogP contribution in [0.5, 0.6) is 0 Å². The summed E-state index contributed by atoms with van der Waals surface area (Å²) < 4.78 is 0.